The Labute approximate surface area is 168 Å². The average Bonchev–Trinajstić information content (AvgIpc) is 3.21. The number of aromatic nitrogens is 5. The summed E-state index contributed by atoms with van der Waals surface area (Å²) < 4.78 is 0. The number of carbonyl (C=O) groups is 1. The predicted molar refractivity (Wildman–Crippen MR) is 107 cm³/mol. The summed E-state index contributed by atoms with van der Waals surface area (Å²) in [6, 6.07) is 9.28. The average molecular weight is 393 g/mol. The van der Waals surface area contributed by atoms with Crippen molar-refractivity contribution in [3.8, 4) is 5.69 Å². The molecule has 1 amide bonds. The van der Waals surface area contributed by atoms with Gasteiger partial charge in [0.25, 0.3) is 5.91 Å². The highest BCUT2D eigenvalue weighted by Crippen LogP contribution is 2.18. The molecule has 2 aromatic heterocycles. The van der Waals surface area contributed by atoms with Crippen molar-refractivity contribution in [2.45, 2.75) is 20.3 Å². The fourth-order valence-electron chi connectivity index (χ4n) is 3.39. The Morgan fingerprint density at radius 2 is 1.83 bits per heavy atom. The maximum atomic E-state index is 13.2. The van der Waals surface area contributed by atoms with Crippen LogP contribution in [-0.2, 0) is 4.84 Å². The van der Waals surface area contributed by atoms with Crippen molar-refractivity contribution in [2.24, 2.45) is 0 Å². The molecule has 3 aromatic rings. The van der Waals surface area contributed by atoms with Crippen LogP contribution >= 0.6 is 0 Å². The lowest BCUT2D eigenvalue weighted by Crippen LogP contribution is -2.41. The van der Waals surface area contributed by atoms with E-state index in [0.29, 0.717) is 43.3 Å². The van der Waals surface area contributed by atoms with E-state index < -0.39 is 0 Å². The first-order valence-electron chi connectivity index (χ1n) is 9.59. The molecule has 0 unspecified atom stereocenters. The Morgan fingerprint density at radius 1 is 1.03 bits per heavy atom. The Balaban J connectivity index is 1.47. The van der Waals surface area contributed by atoms with Gasteiger partial charge in [0.2, 0.25) is 0 Å². The number of anilines is 1. The zero-order valence-electron chi connectivity index (χ0n) is 16.5. The third kappa shape index (κ3) is 4.24. The monoisotopic (exact) mass is 393 g/mol. The van der Waals surface area contributed by atoms with Gasteiger partial charge in [-0.1, -0.05) is 12.1 Å². The van der Waals surface area contributed by atoms with Crippen molar-refractivity contribution in [3.05, 3.63) is 59.8 Å². The van der Waals surface area contributed by atoms with E-state index in [4.69, 9.17) is 4.84 Å². The van der Waals surface area contributed by atoms with Gasteiger partial charge in [0.1, 0.15) is 5.82 Å². The van der Waals surface area contributed by atoms with Gasteiger partial charge >= 0.3 is 0 Å². The van der Waals surface area contributed by atoms with Crippen molar-refractivity contribution >= 4 is 11.7 Å². The normalized spacial score (nSPS) is 15.1. The molecule has 0 spiro atoms. The molecule has 1 fully saturated rings. The van der Waals surface area contributed by atoms with E-state index in [1.54, 1.807) is 23.5 Å². The van der Waals surface area contributed by atoms with Crippen LogP contribution in [0.5, 0.6) is 0 Å². The van der Waals surface area contributed by atoms with Crippen LogP contribution in [0.25, 0.3) is 5.69 Å². The summed E-state index contributed by atoms with van der Waals surface area (Å²) in [6.07, 6.45) is 3.95. The molecule has 1 saturated heterocycles. The number of para-hydroxylation sites is 1. The number of carbonyl (C=O) groups excluding carboxylic acids is 1. The Hall–Kier alpha value is -3.33. The molecule has 29 heavy (non-hydrogen) atoms. The molecule has 1 aliphatic heterocycles. The predicted octanol–water partition coefficient (Wildman–Crippen LogP) is 1.96. The van der Waals surface area contributed by atoms with Gasteiger partial charge < -0.3 is 4.90 Å². The summed E-state index contributed by atoms with van der Waals surface area (Å²) in [5.74, 6) is 1.42. The van der Waals surface area contributed by atoms with Gasteiger partial charge in [-0.15, -0.1) is 0 Å². The molecular formula is C20H23N7O2. The zero-order valence-corrected chi connectivity index (χ0v) is 16.5. The molecule has 0 saturated carbocycles. The van der Waals surface area contributed by atoms with Crippen LogP contribution < -0.4 is 5.06 Å². The van der Waals surface area contributed by atoms with E-state index >= 15 is 0 Å². The van der Waals surface area contributed by atoms with Crippen LogP contribution in [0.3, 0.4) is 0 Å². The summed E-state index contributed by atoms with van der Waals surface area (Å²) >= 11 is 0. The van der Waals surface area contributed by atoms with E-state index in [1.807, 2.05) is 43.0 Å². The molecule has 0 N–H and O–H groups in total. The van der Waals surface area contributed by atoms with Gasteiger partial charge in [-0.25, -0.2) is 15.0 Å². The van der Waals surface area contributed by atoms with E-state index in [1.165, 1.54) is 4.80 Å². The molecule has 0 bridgehead atoms. The van der Waals surface area contributed by atoms with Gasteiger partial charge in [-0.05, 0) is 32.4 Å². The topological polar surface area (TPSA) is 89.3 Å². The minimum atomic E-state index is -0.0522. The first-order chi connectivity index (χ1) is 14.1. The van der Waals surface area contributed by atoms with Crippen LogP contribution in [0.1, 0.15) is 28.3 Å². The van der Waals surface area contributed by atoms with E-state index in [2.05, 4.69) is 20.2 Å². The number of amides is 1. The first kappa shape index (κ1) is 19.0. The standard InChI is InChI=1S/C20H23N7O2/c1-15-14-19(24-16(2)23-15)26-11-5-10-25(12-13-29-26)20(28)17-6-3-4-7-18(17)27-21-8-9-22-27/h3-4,6-9,14H,5,10-13H2,1-2H3. The van der Waals surface area contributed by atoms with E-state index in [0.717, 1.165) is 17.9 Å². The Bertz CT molecular complexity index is 960. The quantitative estimate of drug-likeness (QED) is 0.672. The summed E-state index contributed by atoms with van der Waals surface area (Å²) in [5.41, 5.74) is 2.14. The van der Waals surface area contributed by atoms with Gasteiger partial charge in [0.15, 0.2) is 5.82 Å². The Kier molecular flexibility index (Phi) is 5.48. The van der Waals surface area contributed by atoms with Crippen molar-refractivity contribution in [1.82, 2.24) is 29.9 Å². The highest BCUT2D eigenvalue weighted by Gasteiger charge is 2.23. The molecule has 1 aromatic carbocycles. The van der Waals surface area contributed by atoms with Gasteiger partial charge in [-0.3, -0.25) is 9.63 Å². The van der Waals surface area contributed by atoms with Gasteiger partial charge in [0.05, 0.1) is 30.3 Å². The maximum Gasteiger partial charge on any atom is 0.256 e. The molecule has 0 aliphatic carbocycles. The van der Waals surface area contributed by atoms with Crippen LogP contribution in [0, 0.1) is 13.8 Å². The molecule has 3 heterocycles. The van der Waals surface area contributed by atoms with Crippen molar-refractivity contribution < 1.29 is 9.63 Å². The van der Waals surface area contributed by atoms with Gasteiger partial charge in [-0.2, -0.15) is 15.0 Å². The minimum absolute atomic E-state index is 0.0522. The maximum absolute atomic E-state index is 13.2. The largest absolute Gasteiger partial charge is 0.336 e. The first-order valence-corrected chi connectivity index (χ1v) is 9.59. The molecule has 9 heteroatoms. The number of hydrogen-bond donors (Lipinski definition) is 0. The molecule has 0 atom stereocenters. The summed E-state index contributed by atoms with van der Waals surface area (Å²) in [5, 5.41) is 10.1. The van der Waals surface area contributed by atoms with Crippen molar-refractivity contribution in [1.29, 1.82) is 0 Å². The zero-order chi connectivity index (χ0) is 20.2. The highest BCUT2D eigenvalue weighted by molar-refractivity contribution is 5.97. The van der Waals surface area contributed by atoms with Crippen LogP contribution in [0.4, 0.5) is 5.82 Å². The third-order valence-corrected chi connectivity index (χ3v) is 4.66. The molecule has 4 rings (SSSR count). The lowest BCUT2D eigenvalue weighted by Gasteiger charge is -2.31. The molecular weight excluding hydrogens is 370 g/mol. The summed E-state index contributed by atoms with van der Waals surface area (Å²) in [7, 11) is 0. The second kappa shape index (κ2) is 8.36. The second-order valence-electron chi connectivity index (χ2n) is 6.83. The molecule has 1 aliphatic rings. The summed E-state index contributed by atoms with van der Waals surface area (Å²) in [4.78, 5) is 31.2. The number of rotatable bonds is 3. The Morgan fingerprint density at radius 3 is 2.62 bits per heavy atom. The van der Waals surface area contributed by atoms with Crippen molar-refractivity contribution in [3.63, 3.8) is 0 Å². The fourth-order valence-corrected chi connectivity index (χ4v) is 3.39. The lowest BCUT2D eigenvalue weighted by molar-refractivity contribution is 0.0487. The van der Waals surface area contributed by atoms with Crippen LogP contribution in [-0.4, -0.2) is 62.0 Å². The number of hydroxylamine groups is 1. The smallest absolute Gasteiger partial charge is 0.256 e. The summed E-state index contributed by atoms with van der Waals surface area (Å²) in [6.45, 7) is 5.95. The number of hydrogen-bond acceptors (Lipinski definition) is 7. The highest BCUT2D eigenvalue weighted by atomic mass is 16.7. The van der Waals surface area contributed by atoms with Crippen LogP contribution in [0.15, 0.2) is 42.7 Å². The third-order valence-electron chi connectivity index (χ3n) is 4.66. The second-order valence-corrected chi connectivity index (χ2v) is 6.83. The van der Waals surface area contributed by atoms with E-state index in [9.17, 15) is 4.79 Å². The fraction of sp³-hybridized carbons (Fsp3) is 0.350. The lowest BCUT2D eigenvalue weighted by atomic mass is 10.1. The molecule has 150 valence electrons. The number of aryl methyl sites for hydroxylation is 2. The minimum Gasteiger partial charge on any atom is -0.336 e. The molecule has 0 radical (unpaired) electrons. The molecule has 9 nitrogen and oxygen atoms in total. The number of nitrogens with zero attached hydrogens (tertiary/aromatic N) is 7. The van der Waals surface area contributed by atoms with E-state index in [-0.39, 0.29) is 5.91 Å². The SMILES string of the molecule is Cc1cc(N2CCCN(C(=O)c3ccccc3-n3nccn3)CCO2)nc(C)n1. The van der Waals surface area contributed by atoms with Gasteiger partial charge in [0, 0.05) is 31.4 Å². The van der Waals surface area contributed by atoms with Crippen molar-refractivity contribution in [2.75, 3.05) is 31.3 Å². The van der Waals surface area contributed by atoms with Crippen LogP contribution in [0.2, 0.25) is 0 Å². The number of benzene rings is 1.